The van der Waals surface area contributed by atoms with Crippen LogP contribution in [-0.4, -0.2) is 18.2 Å². The molecule has 0 unspecified atom stereocenters. The van der Waals surface area contributed by atoms with Crippen molar-refractivity contribution in [3.63, 3.8) is 0 Å². The Kier molecular flexibility index (Phi) is 5.93. The van der Waals surface area contributed by atoms with E-state index in [1.54, 1.807) is 7.11 Å². The molecule has 1 aliphatic rings. The number of aromatic nitrogens is 1. The molecule has 0 spiro atoms. The normalized spacial score (nSPS) is 13.9. The van der Waals surface area contributed by atoms with E-state index in [0.717, 1.165) is 52.2 Å². The van der Waals surface area contributed by atoms with Gasteiger partial charge in [-0.2, -0.15) is 0 Å². The van der Waals surface area contributed by atoms with Gasteiger partial charge >= 0.3 is 0 Å². The number of ether oxygens (including phenoxy) is 2. The molecule has 1 fully saturated rings. The predicted molar refractivity (Wildman–Crippen MR) is 130 cm³/mol. The lowest BCUT2D eigenvalue weighted by molar-refractivity contribution is 0.201. The highest BCUT2D eigenvalue weighted by Gasteiger charge is 2.20. The van der Waals surface area contributed by atoms with Gasteiger partial charge in [-0.05, 0) is 67.6 Å². The molecule has 4 aromatic rings. The molecule has 1 aromatic heterocycles. The Labute approximate surface area is 189 Å². The summed E-state index contributed by atoms with van der Waals surface area (Å²) < 4.78 is 12.0. The van der Waals surface area contributed by atoms with Gasteiger partial charge in [-0.1, -0.05) is 36.4 Å². The minimum atomic E-state index is 0.272. The van der Waals surface area contributed by atoms with Crippen LogP contribution in [0.1, 0.15) is 31.2 Å². The van der Waals surface area contributed by atoms with E-state index in [9.17, 15) is 0 Å². The Balaban J connectivity index is 1.51. The largest absolute Gasteiger partial charge is 0.493 e. The van der Waals surface area contributed by atoms with Gasteiger partial charge in [0.1, 0.15) is 0 Å². The Hall–Kier alpha value is -3.53. The maximum atomic E-state index is 6.37. The molecule has 0 aliphatic heterocycles. The molecule has 0 atom stereocenters. The summed E-state index contributed by atoms with van der Waals surface area (Å²) in [6.45, 7) is 0.705. The molecule has 4 nitrogen and oxygen atoms in total. The molecule has 1 aliphatic carbocycles. The minimum absolute atomic E-state index is 0.272. The number of pyridine rings is 1. The second-order valence-electron chi connectivity index (χ2n) is 8.32. The maximum Gasteiger partial charge on any atom is 0.163 e. The number of para-hydroxylation sites is 2. The summed E-state index contributed by atoms with van der Waals surface area (Å²) in [5.74, 6) is 1.59. The van der Waals surface area contributed by atoms with E-state index >= 15 is 0 Å². The van der Waals surface area contributed by atoms with E-state index in [-0.39, 0.29) is 6.10 Å². The second-order valence-corrected chi connectivity index (χ2v) is 8.32. The van der Waals surface area contributed by atoms with Gasteiger partial charge in [0, 0.05) is 35.6 Å². The fraction of sp³-hybridized carbons (Fsp3) is 0.250. The first-order valence-corrected chi connectivity index (χ1v) is 11.3. The first kappa shape index (κ1) is 20.4. The summed E-state index contributed by atoms with van der Waals surface area (Å²) >= 11 is 0. The lowest BCUT2D eigenvalue weighted by Crippen LogP contribution is -2.17. The summed E-state index contributed by atoms with van der Waals surface area (Å²) in [5.41, 5.74) is 4.36. The highest BCUT2D eigenvalue weighted by molar-refractivity contribution is 5.79. The molecular weight excluding hydrogens is 396 g/mol. The van der Waals surface area contributed by atoms with E-state index in [1.807, 2.05) is 30.5 Å². The fourth-order valence-corrected chi connectivity index (χ4v) is 4.44. The molecule has 0 amide bonds. The van der Waals surface area contributed by atoms with Crippen LogP contribution in [0.15, 0.2) is 85.1 Å². The average molecular weight is 425 g/mol. The van der Waals surface area contributed by atoms with Crippen molar-refractivity contribution in [3.8, 4) is 11.5 Å². The second kappa shape index (κ2) is 9.31. The van der Waals surface area contributed by atoms with Crippen LogP contribution < -0.4 is 14.4 Å². The van der Waals surface area contributed by atoms with Crippen LogP contribution in [0.3, 0.4) is 0 Å². The van der Waals surface area contributed by atoms with Crippen LogP contribution in [0, 0.1) is 0 Å². The van der Waals surface area contributed by atoms with Crippen LogP contribution in [0.5, 0.6) is 11.5 Å². The molecule has 0 N–H and O–H groups in total. The third kappa shape index (κ3) is 4.40. The lowest BCUT2D eigenvalue weighted by atomic mass is 10.1. The van der Waals surface area contributed by atoms with Gasteiger partial charge in [0.15, 0.2) is 11.5 Å². The molecule has 4 heteroatoms. The number of benzene rings is 3. The Bertz CT molecular complexity index is 1190. The van der Waals surface area contributed by atoms with Crippen LogP contribution in [-0.2, 0) is 6.54 Å². The Morgan fingerprint density at radius 3 is 2.44 bits per heavy atom. The Morgan fingerprint density at radius 2 is 1.62 bits per heavy atom. The van der Waals surface area contributed by atoms with E-state index in [0.29, 0.717) is 6.54 Å². The van der Waals surface area contributed by atoms with Gasteiger partial charge in [-0.3, -0.25) is 4.98 Å². The average Bonchev–Trinajstić information content (AvgIpc) is 3.36. The van der Waals surface area contributed by atoms with Gasteiger partial charge in [0.05, 0.1) is 18.7 Å². The Morgan fingerprint density at radius 1 is 0.844 bits per heavy atom. The zero-order chi connectivity index (χ0) is 21.8. The van der Waals surface area contributed by atoms with E-state index in [4.69, 9.17) is 9.47 Å². The number of hydrogen-bond acceptors (Lipinski definition) is 4. The topological polar surface area (TPSA) is 34.6 Å². The zero-order valence-electron chi connectivity index (χ0n) is 18.4. The van der Waals surface area contributed by atoms with E-state index < -0.39 is 0 Å². The summed E-state index contributed by atoms with van der Waals surface area (Å²) in [5, 5.41) is 1.15. The molecule has 3 aromatic carbocycles. The molecule has 0 bridgehead atoms. The van der Waals surface area contributed by atoms with Crippen molar-refractivity contribution < 1.29 is 9.47 Å². The van der Waals surface area contributed by atoms with E-state index in [2.05, 4.69) is 64.5 Å². The quantitative estimate of drug-likeness (QED) is 0.323. The molecule has 1 saturated carbocycles. The van der Waals surface area contributed by atoms with Gasteiger partial charge in [-0.15, -0.1) is 0 Å². The summed E-state index contributed by atoms with van der Waals surface area (Å²) in [6, 6.07) is 27.1. The summed E-state index contributed by atoms with van der Waals surface area (Å²) in [6.07, 6.45) is 6.93. The van der Waals surface area contributed by atoms with Gasteiger partial charge in [-0.25, -0.2) is 0 Å². The van der Waals surface area contributed by atoms with Crippen molar-refractivity contribution in [1.29, 1.82) is 0 Å². The fourth-order valence-electron chi connectivity index (χ4n) is 4.44. The van der Waals surface area contributed by atoms with Crippen LogP contribution in [0.4, 0.5) is 11.4 Å². The summed E-state index contributed by atoms with van der Waals surface area (Å²) in [7, 11) is 1.70. The number of fused-ring (bicyclic) bond motifs is 1. The molecule has 162 valence electrons. The molecule has 32 heavy (non-hydrogen) atoms. The molecule has 0 saturated heterocycles. The van der Waals surface area contributed by atoms with Gasteiger partial charge in [0.2, 0.25) is 0 Å². The standard InChI is InChI=1S/C28H28N2O2/c1-31-27-16-15-24(18-28(27)32-25-12-6-7-13-25)30(23-10-3-2-4-11-23)20-21-17-22-9-5-8-14-26(22)29-19-21/h2-5,8-11,14-19,25H,6-7,12-13,20H2,1H3. The van der Waals surface area contributed by atoms with E-state index in [1.165, 1.54) is 12.8 Å². The number of hydrogen-bond donors (Lipinski definition) is 0. The van der Waals surface area contributed by atoms with Crippen molar-refractivity contribution in [3.05, 3.63) is 90.6 Å². The first-order valence-electron chi connectivity index (χ1n) is 11.3. The van der Waals surface area contributed by atoms with Gasteiger partial charge in [0.25, 0.3) is 0 Å². The number of nitrogens with zero attached hydrogens (tertiary/aromatic N) is 2. The number of methoxy groups -OCH3 is 1. The predicted octanol–water partition coefficient (Wildman–Crippen LogP) is 6.90. The van der Waals surface area contributed by atoms with Crippen LogP contribution in [0.2, 0.25) is 0 Å². The van der Waals surface area contributed by atoms with Crippen molar-refractivity contribution >= 4 is 22.3 Å². The number of rotatable bonds is 7. The first-order chi connectivity index (χ1) is 15.8. The minimum Gasteiger partial charge on any atom is -0.493 e. The van der Waals surface area contributed by atoms with Crippen LogP contribution in [0.25, 0.3) is 10.9 Å². The number of anilines is 2. The molecular formula is C28H28N2O2. The van der Waals surface area contributed by atoms with Crippen LogP contribution >= 0.6 is 0 Å². The monoisotopic (exact) mass is 424 g/mol. The molecule has 5 rings (SSSR count). The van der Waals surface area contributed by atoms with Gasteiger partial charge < -0.3 is 14.4 Å². The van der Waals surface area contributed by atoms with Crippen molar-refractivity contribution in [1.82, 2.24) is 4.98 Å². The smallest absolute Gasteiger partial charge is 0.163 e. The third-order valence-corrected chi connectivity index (χ3v) is 6.11. The van der Waals surface area contributed by atoms with Crippen molar-refractivity contribution in [2.75, 3.05) is 12.0 Å². The highest BCUT2D eigenvalue weighted by atomic mass is 16.5. The maximum absolute atomic E-state index is 6.37. The zero-order valence-corrected chi connectivity index (χ0v) is 18.4. The molecule has 1 heterocycles. The third-order valence-electron chi connectivity index (χ3n) is 6.11. The van der Waals surface area contributed by atoms with Crippen molar-refractivity contribution in [2.45, 2.75) is 38.3 Å². The lowest BCUT2D eigenvalue weighted by Gasteiger charge is -2.27. The van der Waals surface area contributed by atoms with Crippen molar-refractivity contribution in [2.24, 2.45) is 0 Å². The molecule has 0 radical (unpaired) electrons. The summed E-state index contributed by atoms with van der Waals surface area (Å²) in [4.78, 5) is 6.96. The highest BCUT2D eigenvalue weighted by Crippen LogP contribution is 2.37. The SMILES string of the molecule is COc1ccc(N(Cc2cnc3ccccc3c2)c2ccccc2)cc1OC1CCCC1.